The standard InChI is InChI=1S/C19H20N2O5S/c1-11(17(20)22)21-18(23)13-6-4-5-7-16(13)27-19(24)14-10-12(25-2)8-9-15(14)26-3/h4-11H,1-3H3,(H2,20,22)(H,21,23)/t11-/m1/s1. The summed E-state index contributed by atoms with van der Waals surface area (Å²) in [5, 5.41) is 2.20. The van der Waals surface area contributed by atoms with Crippen molar-refractivity contribution in [3.63, 3.8) is 0 Å². The number of methoxy groups -OCH3 is 2. The number of ether oxygens (including phenoxy) is 2. The van der Waals surface area contributed by atoms with Crippen LogP contribution in [0, 0.1) is 0 Å². The zero-order chi connectivity index (χ0) is 20.0. The van der Waals surface area contributed by atoms with Crippen LogP contribution in [0.1, 0.15) is 27.6 Å². The van der Waals surface area contributed by atoms with E-state index in [0.29, 0.717) is 22.0 Å². The van der Waals surface area contributed by atoms with Crippen molar-refractivity contribution in [1.29, 1.82) is 0 Å². The lowest BCUT2D eigenvalue weighted by Crippen LogP contribution is -2.42. The Hall–Kier alpha value is -3.00. The van der Waals surface area contributed by atoms with Crippen LogP contribution in [0.5, 0.6) is 11.5 Å². The maximum atomic E-state index is 12.8. The number of thioether (sulfide) groups is 1. The van der Waals surface area contributed by atoms with E-state index >= 15 is 0 Å². The fraction of sp³-hybridized carbons (Fsp3) is 0.211. The Balaban J connectivity index is 2.29. The summed E-state index contributed by atoms with van der Waals surface area (Å²) in [5.41, 5.74) is 5.77. The molecule has 2 aromatic carbocycles. The van der Waals surface area contributed by atoms with Gasteiger partial charge < -0.3 is 20.5 Å². The Morgan fingerprint density at radius 3 is 2.37 bits per heavy atom. The second kappa shape index (κ2) is 9.09. The summed E-state index contributed by atoms with van der Waals surface area (Å²) in [5.74, 6) is -0.223. The number of carbonyl (C=O) groups excluding carboxylic acids is 3. The van der Waals surface area contributed by atoms with E-state index in [1.165, 1.54) is 21.1 Å². The van der Waals surface area contributed by atoms with E-state index < -0.39 is 17.9 Å². The van der Waals surface area contributed by atoms with E-state index in [0.717, 1.165) is 11.8 Å². The van der Waals surface area contributed by atoms with Crippen LogP contribution in [0.25, 0.3) is 0 Å². The number of primary amides is 1. The molecular formula is C19H20N2O5S. The number of carbonyl (C=O) groups is 3. The molecule has 0 aromatic heterocycles. The molecule has 2 amide bonds. The van der Waals surface area contributed by atoms with Gasteiger partial charge in [-0.1, -0.05) is 12.1 Å². The van der Waals surface area contributed by atoms with Crippen molar-refractivity contribution >= 4 is 28.7 Å². The third kappa shape index (κ3) is 5.01. The van der Waals surface area contributed by atoms with Crippen molar-refractivity contribution in [2.45, 2.75) is 17.9 Å². The van der Waals surface area contributed by atoms with E-state index in [1.54, 1.807) is 42.5 Å². The molecule has 8 heteroatoms. The zero-order valence-corrected chi connectivity index (χ0v) is 16.0. The maximum Gasteiger partial charge on any atom is 0.253 e. The highest BCUT2D eigenvalue weighted by Gasteiger charge is 2.20. The predicted molar refractivity (Wildman–Crippen MR) is 102 cm³/mol. The molecule has 0 fully saturated rings. The molecule has 0 unspecified atom stereocenters. The first-order valence-electron chi connectivity index (χ1n) is 8.00. The lowest BCUT2D eigenvalue weighted by Gasteiger charge is -2.13. The Morgan fingerprint density at radius 1 is 1.04 bits per heavy atom. The highest BCUT2D eigenvalue weighted by molar-refractivity contribution is 8.14. The number of hydrogen-bond donors (Lipinski definition) is 2. The molecule has 0 bridgehead atoms. The second-order valence-electron chi connectivity index (χ2n) is 5.55. The first-order valence-corrected chi connectivity index (χ1v) is 8.82. The van der Waals surface area contributed by atoms with Crippen molar-refractivity contribution in [3.05, 3.63) is 53.6 Å². The van der Waals surface area contributed by atoms with E-state index in [1.807, 2.05) is 0 Å². The van der Waals surface area contributed by atoms with Crippen LogP contribution in [0.4, 0.5) is 0 Å². The molecule has 0 saturated heterocycles. The van der Waals surface area contributed by atoms with Crippen LogP contribution in [-0.4, -0.2) is 37.2 Å². The Bertz CT molecular complexity index is 869. The van der Waals surface area contributed by atoms with Crippen molar-refractivity contribution in [1.82, 2.24) is 5.32 Å². The maximum absolute atomic E-state index is 12.8. The largest absolute Gasteiger partial charge is 0.497 e. The topological polar surface area (TPSA) is 108 Å². The molecule has 3 N–H and O–H groups in total. The molecule has 0 aliphatic carbocycles. The lowest BCUT2D eigenvalue weighted by atomic mass is 10.2. The van der Waals surface area contributed by atoms with Crippen molar-refractivity contribution < 1.29 is 23.9 Å². The van der Waals surface area contributed by atoms with E-state index in [4.69, 9.17) is 15.2 Å². The minimum atomic E-state index is -0.829. The SMILES string of the molecule is COc1ccc(OC)c(C(=O)Sc2ccccc2C(=O)N[C@H](C)C(N)=O)c1. The molecule has 0 spiro atoms. The molecule has 0 aliphatic rings. The van der Waals surface area contributed by atoms with Crippen LogP contribution in [0.2, 0.25) is 0 Å². The fourth-order valence-electron chi connectivity index (χ4n) is 2.22. The first kappa shape index (κ1) is 20.3. The number of benzene rings is 2. The van der Waals surface area contributed by atoms with Crippen molar-refractivity contribution in [2.75, 3.05) is 14.2 Å². The van der Waals surface area contributed by atoms with Crippen LogP contribution >= 0.6 is 11.8 Å². The van der Waals surface area contributed by atoms with Gasteiger partial charge in [-0.15, -0.1) is 0 Å². The van der Waals surface area contributed by atoms with Crippen LogP contribution in [-0.2, 0) is 4.79 Å². The molecule has 0 aliphatic heterocycles. The first-order chi connectivity index (χ1) is 12.9. The highest BCUT2D eigenvalue weighted by Crippen LogP contribution is 2.32. The smallest absolute Gasteiger partial charge is 0.253 e. The lowest BCUT2D eigenvalue weighted by molar-refractivity contribution is -0.119. The van der Waals surface area contributed by atoms with Crippen LogP contribution in [0.3, 0.4) is 0 Å². The summed E-state index contributed by atoms with van der Waals surface area (Å²) in [6, 6.07) is 10.7. The van der Waals surface area contributed by atoms with Gasteiger partial charge in [0.05, 0.1) is 25.3 Å². The minimum absolute atomic E-state index is 0.269. The monoisotopic (exact) mass is 388 g/mol. The molecule has 142 valence electrons. The van der Waals surface area contributed by atoms with Crippen LogP contribution < -0.4 is 20.5 Å². The number of nitrogens with one attached hydrogen (secondary N) is 1. The van der Waals surface area contributed by atoms with Gasteiger partial charge >= 0.3 is 0 Å². The van der Waals surface area contributed by atoms with E-state index in [-0.39, 0.29) is 10.7 Å². The molecule has 27 heavy (non-hydrogen) atoms. The van der Waals surface area contributed by atoms with Gasteiger partial charge in [0.1, 0.15) is 17.5 Å². The van der Waals surface area contributed by atoms with Gasteiger partial charge in [-0.25, -0.2) is 0 Å². The fourth-order valence-corrected chi connectivity index (χ4v) is 3.10. The average molecular weight is 388 g/mol. The van der Waals surface area contributed by atoms with Crippen molar-refractivity contribution in [2.24, 2.45) is 5.73 Å². The third-order valence-corrected chi connectivity index (χ3v) is 4.72. The van der Waals surface area contributed by atoms with E-state index in [2.05, 4.69) is 5.32 Å². The summed E-state index contributed by atoms with van der Waals surface area (Å²) in [4.78, 5) is 36.8. The average Bonchev–Trinajstić information content (AvgIpc) is 2.67. The number of nitrogens with two attached hydrogens (primary N) is 1. The van der Waals surface area contributed by atoms with Gasteiger partial charge in [0, 0.05) is 4.90 Å². The van der Waals surface area contributed by atoms with Crippen LogP contribution in [0.15, 0.2) is 47.4 Å². The highest BCUT2D eigenvalue weighted by atomic mass is 32.2. The summed E-state index contributed by atoms with van der Waals surface area (Å²) in [6.07, 6.45) is 0. The minimum Gasteiger partial charge on any atom is -0.497 e. The van der Waals surface area contributed by atoms with Gasteiger partial charge in [0.15, 0.2) is 0 Å². The summed E-state index contributed by atoms with van der Waals surface area (Å²) in [6.45, 7) is 1.49. The molecule has 1 atom stereocenters. The second-order valence-corrected chi connectivity index (χ2v) is 6.56. The Labute approximate surface area is 161 Å². The normalized spacial score (nSPS) is 11.4. The zero-order valence-electron chi connectivity index (χ0n) is 15.1. The Kier molecular flexibility index (Phi) is 6.84. The molecule has 0 heterocycles. The van der Waals surface area contributed by atoms with E-state index in [9.17, 15) is 14.4 Å². The number of rotatable bonds is 7. The Morgan fingerprint density at radius 2 is 1.74 bits per heavy atom. The van der Waals surface area contributed by atoms with Gasteiger partial charge in [0.25, 0.3) is 5.91 Å². The summed E-state index contributed by atoms with van der Waals surface area (Å²) < 4.78 is 10.4. The molecule has 7 nitrogen and oxygen atoms in total. The van der Waals surface area contributed by atoms with Gasteiger partial charge in [-0.3, -0.25) is 14.4 Å². The predicted octanol–water partition coefficient (Wildman–Crippen LogP) is 2.24. The number of amides is 2. The molecule has 2 aromatic rings. The van der Waals surface area contributed by atoms with Gasteiger partial charge in [-0.05, 0) is 49.0 Å². The molecule has 2 rings (SSSR count). The molecular weight excluding hydrogens is 368 g/mol. The quantitative estimate of drug-likeness (QED) is 0.705. The van der Waals surface area contributed by atoms with Gasteiger partial charge in [0.2, 0.25) is 11.0 Å². The third-order valence-electron chi connectivity index (χ3n) is 3.74. The summed E-state index contributed by atoms with van der Waals surface area (Å²) >= 11 is 0.884. The van der Waals surface area contributed by atoms with Crippen molar-refractivity contribution in [3.8, 4) is 11.5 Å². The number of hydrogen-bond acceptors (Lipinski definition) is 6. The van der Waals surface area contributed by atoms with Gasteiger partial charge in [-0.2, -0.15) is 0 Å². The molecule has 0 radical (unpaired) electrons. The summed E-state index contributed by atoms with van der Waals surface area (Å²) in [7, 11) is 2.97. The molecule has 0 saturated carbocycles.